The average Bonchev–Trinajstić information content (AvgIpc) is 2.67. The lowest BCUT2D eigenvalue weighted by atomic mass is 9.98. The van der Waals surface area contributed by atoms with Crippen LogP contribution in [0.4, 0.5) is 17.6 Å². The molecule has 0 atom stereocenters. The van der Waals surface area contributed by atoms with Crippen LogP contribution in [0.1, 0.15) is 25.3 Å². The molecule has 29 heavy (non-hydrogen) atoms. The van der Waals surface area contributed by atoms with Crippen LogP contribution < -0.4 is 10.6 Å². The Morgan fingerprint density at radius 2 is 1.86 bits per heavy atom. The highest BCUT2D eigenvalue weighted by Crippen LogP contribution is 2.30. The summed E-state index contributed by atoms with van der Waals surface area (Å²) in [5.74, 6) is 0.266. The van der Waals surface area contributed by atoms with Crippen molar-refractivity contribution in [2.24, 2.45) is 10.9 Å². The summed E-state index contributed by atoms with van der Waals surface area (Å²) in [5.41, 5.74) is -4.67. The molecular formula is C18H26F4N4O2S. The molecule has 2 rings (SSSR count). The summed E-state index contributed by atoms with van der Waals surface area (Å²) in [7, 11) is -5.26. The molecule has 1 aromatic carbocycles. The number of alkyl halides is 3. The zero-order valence-corrected chi connectivity index (χ0v) is 17.0. The molecule has 0 amide bonds. The van der Waals surface area contributed by atoms with E-state index in [1.54, 1.807) is 18.2 Å². The fraction of sp³-hybridized carbons (Fsp3) is 0.611. The Morgan fingerprint density at radius 1 is 1.21 bits per heavy atom. The van der Waals surface area contributed by atoms with Gasteiger partial charge in [-0.15, -0.1) is 0 Å². The lowest BCUT2D eigenvalue weighted by Crippen LogP contribution is -2.45. The van der Waals surface area contributed by atoms with Gasteiger partial charge in [-0.3, -0.25) is 4.99 Å². The van der Waals surface area contributed by atoms with Crippen LogP contribution in [0.15, 0.2) is 29.3 Å². The summed E-state index contributed by atoms with van der Waals surface area (Å²) in [6.45, 7) is 3.02. The smallest absolute Gasteiger partial charge is 0.357 e. The molecule has 1 aliphatic heterocycles. The van der Waals surface area contributed by atoms with Gasteiger partial charge in [-0.05, 0) is 43.7 Å². The predicted molar refractivity (Wildman–Crippen MR) is 103 cm³/mol. The Bertz CT molecular complexity index is 791. The summed E-state index contributed by atoms with van der Waals surface area (Å²) < 4.78 is 74.9. The molecule has 6 nitrogen and oxygen atoms in total. The van der Waals surface area contributed by atoms with Crippen molar-refractivity contribution in [3.8, 4) is 0 Å². The predicted octanol–water partition coefficient (Wildman–Crippen LogP) is 2.48. The first-order chi connectivity index (χ1) is 13.6. The van der Waals surface area contributed by atoms with Crippen molar-refractivity contribution in [2.45, 2.75) is 31.7 Å². The largest absolute Gasteiger partial charge is 0.511 e. The van der Waals surface area contributed by atoms with Gasteiger partial charge >= 0.3 is 15.5 Å². The number of benzene rings is 1. The molecule has 1 aromatic rings. The number of hydrogen-bond acceptors (Lipinski definition) is 3. The van der Waals surface area contributed by atoms with Gasteiger partial charge < -0.3 is 10.6 Å². The van der Waals surface area contributed by atoms with Crippen LogP contribution in [0.25, 0.3) is 0 Å². The summed E-state index contributed by atoms with van der Waals surface area (Å²) in [4.78, 5) is 4.44. The monoisotopic (exact) mass is 438 g/mol. The number of nitrogens with zero attached hydrogens (tertiary/aromatic N) is 2. The summed E-state index contributed by atoms with van der Waals surface area (Å²) in [6, 6.07) is 6.51. The SMILES string of the molecule is CCNC(=NCC1CCN(S(=O)(=O)C(F)(F)F)CC1)NCCc1ccccc1F. The van der Waals surface area contributed by atoms with Crippen LogP contribution in [0.5, 0.6) is 0 Å². The van der Waals surface area contributed by atoms with E-state index in [0.29, 0.717) is 54.7 Å². The molecule has 1 heterocycles. The number of aliphatic imine (C=N–C) groups is 1. The Hall–Kier alpha value is -1.88. The average molecular weight is 438 g/mol. The van der Waals surface area contributed by atoms with Gasteiger partial charge in [0, 0.05) is 32.7 Å². The third kappa shape index (κ3) is 6.56. The van der Waals surface area contributed by atoms with E-state index in [-0.39, 0.29) is 24.8 Å². The minimum atomic E-state index is -5.27. The van der Waals surface area contributed by atoms with Crippen molar-refractivity contribution in [3.63, 3.8) is 0 Å². The molecule has 1 fully saturated rings. The highest BCUT2D eigenvalue weighted by molar-refractivity contribution is 7.90. The molecule has 164 valence electrons. The molecule has 0 bridgehead atoms. The molecule has 0 aromatic heterocycles. The summed E-state index contributed by atoms with van der Waals surface area (Å²) >= 11 is 0. The quantitative estimate of drug-likeness (QED) is 0.390. The van der Waals surface area contributed by atoms with Gasteiger partial charge in [-0.1, -0.05) is 18.2 Å². The number of guanidine groups is 1. The van der Waals surface area contributed by atoms with Crippen molar-refractivity contribution in [1.29, 1.82) is 0 Å². The third-order valence-electron chi connectivity index (χ3n) is 4.70. The molecule has 11 heteroatoms. The lowest BCUT2D eigenvalue weighted by molar-refractivity contribution is -0.0496. The molecule has 2 N–H and O–H groups in total. The Labute approximate surface area is 168 Å². The maximum absolute atomic E-state index is 13.7. The molecule has 1 saturated heterocycles. The number of halogens is 4. The van der Waals surface area contributed by atoms with Gasteiger partial charge in [0.2, 0.25) is 0 Å². The second-order valence-corrected chi connectivity index (χ2v) is 8.71. The van der Waals surface area contributed by atoms with Crippen LogP contribution in [0.2, 0.25) is 0 Å². The van der Waals surface area contributed by atoms with Gasteiger partial charge in [0.25, 0.3) is 0 Å². The molecule has 0 unspecified atom stereocenters. The zero-order chi connectivity index (χ0) is 21.5. The minimum absolute atomic E-state index is 0.00305. The first kappa shape index (κ1) is 23.4. The lowest BCUT2D eigenvalue weighted by Gasteiger charge is -2.30. The van der Waals surface area contributed by atoms with Gasteiger partial charge in [0.15, 0.2) is 5.96 Å². The van der Waals surface area contributed by atoms with E-state index in [2.05, 4.69) is 15.6 Å². The van der Waals surface area contributed by atoms with Crippen molar-refractivity contribution in [3.05, 3.63) is 35.6 Å². The number of nitrogens with one attached hydrogen (secondary N) is 2. The topological polar surface area (TPSA) is 73.8 Å². The third-order valence-corrected chi connectivity index (χ3v) is 6.33. The molecule has 0 spiro atoms. The highest BCUT2D eigenvalue weighted by atomic mass is 32.2. The minimum Gasteiger partial charge on any atom is -0.357 e. The van der Waals surface area contributed by atoms with Crippen molar-refractivity contribution < 1.29 is 26.0 Å². The van der Waals surface area contributed by atoms with Crippen molar-refractivity contribution in [1.82, 2.24) is 14.9 Å². The van der Waals surface area contributed by atoms with E-state index in [0.717, 1.165) is 0 Å². The Balaban J connectivity index is 1.84. The van der Waals surface area contributed by atoms with E-state index >= 15 is 0 Å². The van der Waals surface area contributed by atoms with Gasteiger partial charge in [0.1, 0.15) is 5.82 Å². The molecule has 0 aliphatic carbocycles. The van der Waals surface area contributed by atoms with E-state index in [4.69, 9.17) is 0 Å². The van der Waals surface area contributed by atoms with Crippen LogP contribution in [0.3, 0.4) is 0 Å². The van der Waals surface area contributed by atoms with Crippen LogP contribution in [0, 0.1) is 11.7 Å². The standard InChI is InChI=1S/C18H26F4N4O2S/c1-2-23-17(24-10-7-15-5-3-4-6-16(15)19)25-13-14-8-11-26(12-9-14)29(27,28)18(20,21)22/h3-6,14H,2,7-13H2,1H3,(H2,23,24,25). The zero-order valence-electron chi connectivity index (χ0n) is 16.2. The van der Waals surface area contributed by atoms with Crippen molar-refractivity contribution in [2.75, 3.05) is 32.7 Å². The number of hydrogen-bond donors (Lipinski definition) is 2. The maximum Gasteiger partial charge on any atom is 0.511 e. The summed E-state index contributed by atoms with van der Waals surface area (Å²) in [5, 5.41) is 6.17. The van der Waals surface area contributed by atoms with E-state index in [9.17, 15) is 26.0 Å². The first-order valence-electron chi connectivity index (χ1n) is 9.47. The van der Waals surface area contributed by atoms with Crippen LogP contribution in [-0.2, 0) is 16.4 Å². The molecular weight excluding hydrogens is 412 g/mol. The number of piperidine rings is 1. The summed E-state index contributed by atoms with van der Waals surface area (Å²) in [6.07, 6.45) is 1.10. The molecule has 0 radical (unpaired) electrons. The van der Waals surface area contributed by atoms with E-state index in [1.807, 2.05) is 6.92 Å². The van der Waals surface area contributed by atoms with Gasteiger partial charge in [-0.2, -0.15) is 17.5 Å². The molecule has 1 aliphatic rings. The fourth-order valence-corrected chi connectivity index (χ4v) is 4.04. The normalized spacial score (nSPS) is 17.3. The number of sulfonamides is 1. The van der Waals surface area contributed by atoms with Gasteiger partial charge in [0.05, 0.1) is 0 Å². The second kappa shape index (κ2) is 10.2. The Kier molecular flexibility index (Phi) is 8.26. The second-order valence-electron chi connectivity index (χ2n) is 6.78. The van der Waals surface area contributed by atoms with Gasteiger partial charge in [-0.25, -0.2) is 12.8 Å². The molecule has 0 saturated carbocycles. The van der Waals surface area contributed by atoms with Crippen molar-refractivity contribution >= 4 is 16.0 Å². The first-order valence-corrected chi connectivity index (χ1v) is 10.9. The highest BCUT2D eigenvalue weighted by Gasteiger charge is 2.50. The van der Waals surface area contributed by atoms with Crippen LogP contribution >= 0.6 is 0 Å². The van der Waals surface area contributed by atoms with E-state index < -0.39 is 15.5 Å². The maximum atomic E-state index is 13.7. The number of rotatable bonds is 7. The van der Waals surface area contributed by atoms with E-state index in [1.165, 1.54) is 6.07 Å². The fourth-order valence-electron chi connectivity index (χ4n) is 3.06. The van der Waals surface area contributed by atoms with Crippen LogP contribution in [-0.4, -0.2) is 56.9 Å². The Morgan fingerprint density at radius 3 is 2.45 bits per heavy atom.